The van der Waals surface area contributed by atoms with E-state index in [2.05, 4.69) is 20.9 Å². The third-order valence-corrected chi connectivity index (χ3v) is 2.81. The Morgan fingerprint density at radius 2 is 2.22 bits per heavy atom. The van der Waals surface area contributed by atoms with Gasteiger partial charge in [-0.05, 0) is 19.8 Å². The van der Waals surface area contributed by atoms with Crippen LogP contribution < -0.4 is 15.2 Å². The van der Waals surface area contributed by atoms with Gasteiger partial charge in [0.25, 0.3) is 0 Å². The van der Waals surface area contributed by atoms with E-state index in [0.717, 1.165) is 25.9 Å². The summed E-state index contributed by atoms with van der Waals surface area (Å²) >= 11 is 0. The normalized spacial score (nSPS) is 15.8. The number of hydrogen-bond donors (Lipinski definition) is 0. The highest BCUT2D eigenvalue weighted by atomic mass is 16.6. The maximum absolute atomic E-state index is 9.23. The summed E-state index contributed by atoms with van der Waals surface area (Å²) < 4.78 is 10.6. The molecule has 0 N–H and O–H groups in total. The molecule has 1 aromatic heterocycles. The van der Waals surface area contributed by atoms with Crippen LogP contribution in [0.4, 0.5) is 5.82 Å². The molecular weight excluding hydrogens is 232 g/mol. The zero-order valence-electron chi connectivity index (χ0n) is 10.6. The molecule has 0 aliphatic carbocycles. The van der Waals surface area contributed by atoms with E-state index in [4.69, 9.17) is 9.15 Å². The fraction of sp³-hybridized carbons (Fsp3) is 0.583. The minimum atomic E-state index is 0.166. The minimum absolute atomic E-state index is 0.166. The molecule has 1 aliphatic heterocycles. The van der Waals surface area contributed by atoms with E-state index in [1.165, 1.54) is 0 Å². The van der Waals surface area contributed by atoms with E-state index >= 15 is 0 Å². The van der Waals surface area contributed by atoms with Crippen LogP contribution >= 0.6 is 0 Å². The average molecular weight is 248 g/mol. The van der Waals surface area contributed by atoms with Gasteiger partial charge in [0.05, 0.1) is 6.61 Å². The number of nitrogens with zero attached hydrogens (tertiary/aromatic N) is 4. The third kappa shape index (κ3) is 2.30. The van der Waals surface area contributed by atoms with E-state index in [-0.39, 0.29) is 11.6 Å². The maximum Gasteiger partial charge on any atom is 0.397 e. The number of rotatable bonds is 3. The van der Waals surface area contributed by atoms with Crippen LogP contribution in [0.25, 0.3) is 0 Å². The van der Waals surface area contributed by atoms with Crippen LogP contribution in [-0.2, 0) is 0 Å². The molecule has 0 aromatic carbocycles. The summed E-state index contributed by atoms with van der Waals surface area (Å²) in [6.07, 6.45) is 2.39. The van der Waals surface area contributed by atoms with Gasteiger partial charge in [-0.25, -0.2) is 0 Å². The van der Waals surface area contributed by atoms with Crippen molar-refractivity contribution in [1.82, 2.24) is 4.98 Å². The Bertz CT molecular complexity index is 524. The molecule has 2 rings (SSSR count). The van der Waals surface area contributed by atoms with Crippen molar-refractivity contribution in [1.29, 1.82) is 5.26 Å². The number of hydrogen-bond acceptors (Lipinski definition) is 6. The van der Waals surface area contributed by atoms with E-state index < -0.39 is 0 Å². The van der Waals surface area contributed by atoms with Crippen molar-refractivity contribution in [3.05, 3.63) is 11.1 Å². The molecule has 6 heteroatoms. The predicted molar refractivity (Wildman–Crippen MR) is 65.3 cm³/mol. The van der Waals surface area contributed by atoms with Crippen molar-refractivity contribution in [2.75, 3.05) is 31.6 Å². The van der Waals surface area contributed by atoms with Gasteiger partial charge in [-0.3, -0.25) is 4.99 Å². The summed E-state index contributed by atoms with van der Waals surface area (Å²) in [6.45, 7) is 4.12. The summed E-state index contributed by atoms with van der Waals surface area (Å²) in [5.74, 6) is 0.616. The first-order chi connectivity index (χ1) is 8.80. The first-order valence-electron chi connectivity index (χ1n) is 6.06. The van der Waals surface area contributed by atoms with Crippen LogP contribution in [0.1, 0.15) is 25.3 Å². The monoisotopic (exact) mass is 248 g/mol. The molecule has 2 heterocycles. The first-order valence-corrected chi connectivity index (χ1v) is 6.06. The van der Waals surface area contributed by atoms with Gasteiger partial charge in [0.1, 0.15) is 6.07 Å². The molecule has 0 radical (unpaired) electrons. The molecule has 18 heavy (non-hydrogen) atoms. The van der Waals surface area contributed by atoms with E-state index in [1.807, 2.05) is 6.92 Å². The molecule has 0 amide bonds. The molecule has 1 saturated heterocycles. The summed E-state index contributed by atoms with van der Waals surface area (Å²) in [5, 5.41) is 9.23. The Morgan fingerprint density at radius 3 is 2.78 bits per heavy atom. The molecule has 0 spiro atoms. The molecule has 1 aromatic rings. The van der Waals surface area contributed by atoms with Gasteiger partial charge in [0, 0.05) is 20.1 Å². The lowest BCUT2D eigenvalue weighted by molar-refractivity contribution is 0.223. The van der Waals surface area contributed by atoms with Gasteiger partial charge in [0.2, 0.25) is 5.55 Å². The standard InChI is InChI=1S/C12H16N4O2/c1-3-17-12-15-10(16-6-4-5-7-16)9(8-13)11(14-2)18-12/h3-7H2,1-2H3. The van der Waals surface area contributed by atoms with Crippen LogP contribution in [0.2, 0.25) is 0 Å². The van der Waals surface area contributed by atoms with Crippen molar-refractivity contribution in [3.8, 4) is 12.1 Å². The van der Waals surface area contributed by atoms with Crippen molar-refractivity contribution in [3.63, 3.8) is 0 Å². The number of nitriles is 1. The largest absolute Gasteiger partial charge is 0.450 e. The van der Waals surface area contributed by atoms with Gasteiger partial charge >= 0.3 is 6.08 Å². The SMILES string of the molecule is CCOc1nc(N2CCCC2)c(C#N)c(=NC)o1. The molecular formula is C12H16N4O2. The van der Waals surface area contributed by atoms with Gasteiger partial charge in [-0.1, -0.05) is 0 Å². The molecule has 1 fully saturated rings. The highest BCUT2D eigenvalue weighted by Gasteiger charge is 2.21. The molecule has 0 bridgehead atoms. The highest BCUT2D eigenvalue weighted by molar-refractivity contribution is 5.53. The quantitative estimate of drug-likeness (QED) is 0.800. The fourth-order valence-corrected chi connectivity index (χ4v) is 1.99. The topological polar surface area (TPSA) is 74.7 Å². The second-order valence-corrected chi connectivity index (χ2v) is 3.95. The summed E-state index contributed by atoms with van der Waals surface area (Å²) in [4.78, 5) is 10.3. The van der Waals surface area contributed by atoms with Crippen molar-refractivity contribution in [2.24, 2.45) is 4.99 Å². The van der Waals surface area contributed by atoms with Crippen molar-refractivity contribution >= 4 is 5.82 Å². The summed E-state index contributed by atoms with van der Waals surface area (Å²) in [6, 6.07) is 2.11. The second-order valence-electron chi connectivity index (χ2n) is 3.95. The minimum Gasteiger partial charge on any atom is -0.450 e. The zero-order valence-corrected chi connectivity index (χ0v) is 10.6. The summed E-state index contributed by atoms with van der Waals surface area (Å²) in [7, 11) is 1.59. The predicted octanol–water partition coefficient (Wildman–Crippen LogP) is 1.08. The Balaban J connectivity index is 2.54. The first kappa shape index (κ1) is 12.4. The van der Waals surface area contributed by atoms with E-state index in [9.17, 15) is 5.26 Å². The Morgan fingerprint density at radius 1 is 1.50 bits per heavy atom. The molecule has 0 atom stereocenters. The third-order valence-electron chi connectivity index (χ3n) is 2.81. The van der Waals surface area contributed by atoms with Gasteiger partial charge in [-0.15, -0.1) is 0 Å². The van der Waals surface area contributed by atoms with Gasteiger partial charge in [-0.2, -0.15) is 10.2 Å². The van der Waals surface area contributed by atoms with E-state index in [0.29, 0.717) is 18.0 Å². The average Bonchev–Trinajstić information content (AvgIpc) is 2.91. The lowest BCUT2D eigenvalue weighted by Gasteiger charge is -2.17. The lowest BCUT2D eigenvalue weighted by Crippen LogP contribution is -2.24. The van der Waals surface area contributed by atoms with Gasteiger partial charge in [0.15, 0.2) is 11.4 Å². The molecule has 96 valence electrons. The summed E-state index contributed by atoms with van der Waals surface area (Å²) in [5.41, 5.74) is 0.653. The Hall–Kier alpha value is -2.03. The lowest BCUT2D eigenvalue weighted by atomic mass is 10.3. The molecule has 0 saturated carbocycles. The zero-order chi connectivity index (χ0) is 13.0. The van der Waals surface area contributed by atoms with Crippen LogP contribution in [0.3, 0.4) is 0 Å². The number of anilines is 1. The van der Waals surface area contributed by atoms with Crippen molar-refractivity contribution < 1.29 is 9.15 Å². The molecule has 6 nitrogen and oxygen atoms in total. The van der Waals surface area contributed by atoms with Gasteiger partial charge < -0.3 is 14.1 Å². The highest BCUT2D eigenvalue weighted by Crippen LogP contribution is 2.22. The number of aromatic nitrogens is 1. The number of ether oxygens (including phenoxy) is 1. The van der Waals surface area contributed by atoms with E-state index in [1.54, 1.807) is 7.05 Å². The van der Waals surface area contributed by atoms with Crippen molar-refractivity contribution in [2.45, 2.75) is 19.8 Å². The van der Waals surface area contributed by atoms with Crippen LogP contribution in [0.5, 0.6) is 6.08 Å². The molecule has 0 unspecified atom stereocenters. The maximum atomic E-state index is 9.23. The molecule has 1 aliphatic rings. The Kier molecular flexibility index (Phi) is 3.82. The fourth-order valence-electron chi connectivity index (χ4n) is 1.99. The Labute approximate surface area is 106 Å². The van der Waals surface area contributed by atoms with Crippen LogP contribution in [-0.4, -0.2) is 31.7 Å². The van der Waals surface area contributed by atoms with Crippen LogP contribution in [0.15, 0.2) is 9.41 Å². The van der Waals surface area contributed by atoms with Crippen LogP contribution in [0, 0.1) is 11.3 Å². The smallest absolute Gasteiger partial charge is 0.397 e. The second kappa shape index (κ2) is 5.54.